The molecular formula is C8H17N3O2S. The Balaban J connectivity index is 2.14. The minimum Gasteiger partial charge on any atom is -0.315 e. The number of nitrogens with zero attached hydrogens (tertiary/aromatic N) is 2. The molecule has 1 N–H and O–H groups in total. The maximum atomic E-state index is 11.9. The molecule has 2 saturated heterocycles. The molecule has 0 unspecified atom stereocenters. The molecule has 5 nitrogen and oxygen atoms in total. The van der Waals surface area contributed by atoms with Gasteiger partial charge in [-0.15, -0.1) is 0 Å². The lowest BCUT2D eigenvalue weighted by Crippen LogP contribution is -2.40. The Hall–Kier alpha value is -0.170. The first kappa shape index (κ1) is 10.4. The first-order valence-electron chi connectivity index (χ1n) is 5.14. The van der Waals surface area contributed by atoms with Crippen LogP contribution in [0, 0.1) is 0 Å². The van der Waals surface area contributed by atoms with E-state index in [0.717, 1.165) is 19.5 Å². The van der Waals surface area contributed by atoms with Gasteiger partial charge in [0.05, 0.1) is 0 Å². The van der Waals surface area contributed by atoms with E-state index in [9.17, 15) is 8.42 Å². The normalized spacial score (nSPS) is 33.9. The number of likely N-dealkylation sites (N-methyl/N-ethyl adjacent to an activating group) is 1. The molecule has 0 aromatic carbocycles. The van der Waals surface area contributed by atoms with E-state index in [1.54, 1.807) is 8.61 Å². The SMILES string of the molecule is CCN1CCN([C@@H]2CCNC2)S1(=O)=O. The lowest BCUT2D eigenvalue weighted by atomic mass is 10.2. The highest BCUT2D eigenvalue weighted by molar-refractivity contribution is 7.87. The number of hydrogen-bond acceptors (Lipinski definition) is 3. The fraction of sp³-hybridized carbons (Fsp3) is 1.00. The van der Waals surface area contributed by atoms with E-state index in [4.69, 9.17) is 0 Å². The van der Waals surface area contributed by atoms with Crippen LogP contribution in [0.4, 0.5) is 0 Å². The van der Waals surface area contributed by atoms with Gasteiger partial charge < -0.3 is 5.32 Å². The molecule has 0 aromatic rings. The second-order valence-corrected chi connectivity index (χ2v) is 5.64. The van der Waals surface area contributed by atoms with Crippen molar-refractivity contribution in [3.8, 4) is 0 Å². The maximum Gasteiger partial charge on any atom is 0.282 e. The summed E-state index contributed by atoms with van der Waals surface area (Å²) in [7, 11) is -3.13. The third-order valence-corrected chi connectivity index (χ3v) is 5.15. The van der Waals surface area contributed by atoms with Gasteiger partial charge in [0.1, 0.15) is 0 Å². The smallest absolute Gasteiger partial charge is 0.282 e. The van der Waals surface area contributed by atoms with Crippen molar-refractivity contribution in [1.82, 2.24) is 13.9 Å². The average Bonchev–Trinajstić information content (AvgIpc) is 2.71. The van der Waals surface area contributed by atoms with Crippen LogP contribution in [-0.2, 0) is 10.2 Å². The maximum absolute atomic E-state index is 11.9. The molecule has 1 atom stereocenters. The summed E-state index contributed by atoms with van der Waals surface area (Å²) in [5.74, 6) is 0. The van der Waals surface area contributed by atoms with Crippen molar-refractivity contribution in [3.63, 3.8) is 0 Å². The van der Waals surface area contributed by atoms with Crippen LogP contribution in [-0.4, -0.2) is 55.8 Å². The van der Waals surface area contributed by atoms with Crippen LogP contribution < -0.4 is 5.32 Å². The van der Waals surface area contributed by atoms with Crippen molar-refractivity contribution < 1.29 is 8.42 Å². The third kappa shape index (κ3) is 1.56. The molecule has 14 heavy (non-hydrogen) atoms. The van der Waals surface area contributed by atoms with Gasteiger partial charge in [-0.05, 0) is 13.0 Å². The van der Waals surface area contributed by atoms with Crippen molar-refractivity contribution in [2.45, 2.75) is 19.4 Å². The highest BCUT2D eigenvalue weighted by atomic mass is 32.2. The predicted octanol–water partition coefficient (Wildman–Crippen LogP) is -0.769. The van der Waals surface area contributed by atoms with Gasteiger partial charge in [0, 0.05) is 32.2 Å². The fourth-order valence-electron chi connectivity index (χ4n) is 2.17. The summed E-state index contributed by atoms with van der Waals surface area (Å²) in [4.78, 5) is 0. The molecule has 0 radical (unpaired) electrons. The highest BCUT2D eigenvalue weighted by Crippen LogP contribution is 2.21. The second kappa shape index (κ2) is 3.77. The van der Waals surface area contributed by atoms with E-state index in [0.29, 0.717) is 19.6 Å². The summed E-state index contributed by atoms with van der Waals surface area (Å²) in [6.07, 6.45) is 0.941. The molecule has 2 rings (SSSR count). The summed E-state index contributed by atoms with van der Waals surface area (Å²) in [5, 5.41) is 3.20. The van der Waals surface area contributed by atoms with Crippen molar-refractivity contribution in [2.75, 3.05) is 32.7 Å². The second-order valence-electron chi connectivity index (χ2n) is 3.76. The molecule has 2 aliphatic heterocycles. The van der Waals surface area contributed by atoms with Crippen LogP contribution >= 0.6 is 0 Å². The largest absolute Gasteiger partial charge is 0.315 e. The van der Waals surface area contributed by atoms with Gasteiger partial charge >= 0.3 is 0 Å². The van der Waals surface area contributed by atoms with Gasteiger partial charge in [-0.25, -0.2) is 0 Å². The van der Waals surface area contributed by atoms with Crippen molar-refractivity contribution in [2.24, 2.45) is 0 Å². The van der Waals surface area contributed by atoms with Crippen LogP contribution in [0.3, 0.4) is 0 Å². The quantitative estimate of drug-likeness (QED) is 0.663. The Labute approximate surface area is 85.2 Å². The lowest BCUT2D eigenvalue weighted by Gasteiger charge is -2.22. The topological polar surface area (TPSA) is 52.6 Å². The molecule has 0 spiro atoms. The Morgan fingerprint density at radius 3 is 2.71 bits per heavy atom. The summed E-state index contributed by atoms with van der Waals surface area (Å²) >= 11 is 0. The summed E-state index contributed by atoms with van der Waals surface area (Å²) in [6.45, 7) is 5.50. The van der Waals surface area contributed by atoms with Gasteiger partial charge in [-0.3, -0.25) is 0 Å². The molecule has 2 fully saturated rings. The Morgan fingerprint density at radius 1 is 1.43 bits per heavy atom. The summed E-state index contributed by atoms with van der Waals surface area (Å²) in [5.41, 5.74) is 0. The zero-order valence-corrected chi connectivity index (χ0v) is 9.26. The molecule has 2 heterocycles. The van der Waals surface area contributed by atoms with Crippen LogP contribution in [0.5, 0.6) is 0 Å². The number of nitrogens with one attached hydrogen (secondary N) is 1. The van der Waals surface area contributed by atoms with E-state index in [1.807, 2.05) is 6.92 Å². The van der Waals surface area contributed by atoms with Crippen LogP contribution in [0.1, 0.15) is 13.3 Å². The van der Waals surface area contributed by atoms with E-state index >= 15 is 0 Å². The van der Waals surface area contributed by atoms with E-state index in [1.165, 1.54) is 0 Å². The lowest BCUT2D eigenvalue weighted by molar-refractivity contribution is 0.365. The summed E-state index contributed by atoms with van der Waals surface area (Å²) < 4.78 is 27.1. The highest BCUT2D eigenvalue weighted by Gasteiger charge is 2.40. The zero-order valence-electron chi connectivity index (χ0n) is 8.44. The van der Waals surface area contributed by atoms with Crippen molar-refractivity contribution in [3.05, 3.63) is 0 Å². The van der Waals surface area contributed by atoms with E-state index in [-0.39, 0.29) is 6.04 Å². The predicted molar refractivity (Wildman–Crippen MR) is 54.1 cm³/mol. The molecular weight excluding hydrogens is 202 g/mol. The Morgan fingerprint density at radius 2 is 2.21 bits per heavy atom. The Kier molecular flexibility index (Phi) is 2.79. The Bertz CT molecular complexity index is 298. The van der Waals surface area contributed by atoms with Gasteiger partial charge in [0.15, 0.2) is 0 Å². The minimum absolute atomic E-state index is 0.177. The van der Waals surface area contributed by atoms with E-state index in [2.05, 4.69) is 5.32 Å². The van der Waals surface area contributed by atoms with Gasteiger partial charge in [0.25, 0.3) is 10.2 Å². The number of hydrogen-bond donors (Lipinski definition) is 1. The molecule has 0 aromatic heterocycles. The van der Waals surface area contributed by atoms with Gasteiger partial charge in [-0.1, -0.05) is 6.92 Å². The standard InChI is InChI=1S/C8H17N3O2S/c1-2-10-5-6-11(14(10,12)13)8-3-4-9-7-8/h8-9H,2-7H2,1H3/t8-/m1/s1. The van der Waals surface area contributed by atoms with Crippen LogP contribution in [0.25, 0.3) is 0 Å². The van der Waals surface area contributed by atoms with Crippen LogP contribution in [0.2, 0.25) is 0 Å². The van der Waals surface area contributed by atoms with Crippen molar-refractivity contribution in [1.29, 1.82) is 0 Å². The molecule has 2 aliphatic rings. The fourth-order valence-corrected chi connectivity index (χ4v) is 3.97. The molecule has 0 saturated carbocycles. The first-order chi connectivity index (χ1) is 6.66. The van der Waals surface area contributed by atoms with E-state index < -0.39 is 10.2 Å². The van der Waals surface area contributed by atoms with Gasteiger partial charge in [0.2, 0.25) is 0 Å². The van der Waals surface area contributed by atoms with Crippen molar-refractivity contribution >= 4 is 10.2 Å². The molecule has 0 bridgehead atoms. The molecule has 0 aliphatic carbocycles. The third-order valence-electron chi connectivity index (χ3n) is 2.99. The molecule has 6 heteroatoms. The first-order valence-corrected chi connectivity index (χ1v) is 6.53. The van der Waals surface area contributed by atoms with Crippen LogP contribution in [0.15, 0.2) is 0 Å². The monoisotopic (exact) mass is 219 g/mol. The average molecular weight is 219 g/mol. The summed E-state index contributed by atoms with van der Waals surface area (Å²) in [6, 6.07) is 0.177. The number of rotatable bonds is 2. The zero-order chi connectivity index (χ0) is 10.2. The molecule has 0 amide bonds. The molecule has 82 valence electrons. The minimum atomic E-state index is -3.13. The van der Waals surface area contributed by atoms with Gasteiger partial charge in [-0.2, -0.15) is 17.0 Å².